The molecule has 0 unspecified atom stereocenters. The van der Waals surface area contributed by atoms with Gasteiger partial charge in [-0.1, -0.05) is 40.3 Å². The molecule has 4 nitrogen and oxygen atoms in total. The van der Waals surface area contributed by atoms with E-state index in [9.17, 15) is 4.79 Å². The molecule has 4 rings (SSSR count). The van der Waals surface area contributed by atoms with Crippen LogP contribution < -0.4 is 15.5 Å². The SMILES string of the molecule is C[B]c1ccc(OCCN2CCC3(CC2)C(=O)Nc2ccc(Br)cc23)cc1. The third kappa shape index (κ3) is 3.65. The number of carbonyl (C=O) groups excluding carboxylic acids is 1. The summed E-state index contributed by atoms with van der Waals surface area (Å²) in [6, 6.07) is 14.2. The summed E-state index contributed by atoms with van der Waals surface area (Å²) >= 11 is 3.54. The highest BCUT2D eigenvalue weighted by atomic mass is 79.9. The summed E-state index contributed by atoms with van der Waals surface area (Å²) in [5.74, 6) is 1.06. The molecular formula is C21H23BBrN2O2. The van der Waals surface area contributed by atoms with Crippen molar-refractivity contribution in [2.24, 2.45) is 0 Å². The fourth-order valence-electron chi connectivity index (χ4n) is 4.09. The highest BCUT2D eigenvalue weighted by Crippen LogP contribution is 2.45. The molecule has 139 valence electrons. The topological polar surface area (TPSA) is 41.6 Å². The molecule has 2 heterocycles. The normalized spacial score (nSPS) is 18.2. The molecular weight excluding hydrogens is 403 g/mol. The summed E-state index contributed by atoms with van der Waals surface area (Å²) in [6.07, 6.45) is 1.70. The van der Waals surface area contributed by atoms with Crippen molar-refractivity contribution >= 4 is 40.3 Å². The summed E-state index contributed by atoms with van der Waals surface area (Å²) in [4.78, 5) is 15.1. The first kappa shape index (κ1) is 18.6. The van der Waals surface area contributed by atoms with Crippen LogP contribution in [0.25, 0.3) is 0 Å². The van der Waals surface area contributed by atoms with E-state index in [0.29, 0.717) is 6.61 Å². The first-order valence-corrected chi connectivity index (χ1v) is 10.3. The molecule has 1 fully saturated rings. The van der Waals surface area contributed by atoms with Crippen molar-refractivity contribution in [1.82, 2.24) is 4.90 Å². The first-order chi connectivity index (χ1) is 13.1. The summed E-state index contributed by atoms with van der Waals surface area (Å²) in [7, 11) is 2.07. The van der Waals surface area contributed by atoms with Gasteiger partial charge in [0.25, 0.3) is 0 Å². The number of anilines is 1. The molecule has 2 aromatic carbocycles. The number of amides is 1. The van der Waals surface area contributed by atoms with Crippen molar-refractivity contribution in [2.45, 2.75) is 25.1 Å². The Balaban J connectivity index is 1.33. The molecule has 1 amide bonds. The van der Waals surface area contributed by atoms with Gasteiger partial charge in [0.05, 0.1) is 5.41 Å². The van der Waals surface area contributed by atoms with E-state index < -0.39 is 0 Å². The van der Waals surface area contributed by atoms with Gasteiger partial charge >= 0.3 is 0 Å². The van der Waals surface area contributed by atoms with E-state index in [1.165, 1.54) is 5.46 Å². The second kappa shape index (κ2) is 7.68. The summed E-state index contributed by atoms with van der Waals surface area (Å²) in [5.41, 5.74) is 2.94. The van der Waals surface area contributed by atoms with Crippen LogP contribution in [-0.2, 0) is 10.2 Å². The van der Waals surface area contributed by atoms with Crippen LogP contribution in [0, 0.1) is 0 Å². The third-order valence-electron chi connectivity index (χ3n) is 5.78. The lowest BCUT2D eigenvalue weighted by Crippen LogP contribution is -2.47. The number of nitrogens with zero attached hydrogens (tertiary/aromatic N) is 1. The fourth-order valence-corrected chi connectivity index (χ4v) is 4.45. The number of piperidine rings is 1. The number of fused-ring (bicyclic) bond motifs is 2. The van der Waals surface area contributed by atoms with Crippen LogP contribution in [0.2, 0.25) is 6.82 Å². The Hall–Kier alpha value is -1.79. The van der Waals surface area contributed by atoms with E-state index in [2.05, 4.69) is 51.6 Å². The standard InChI is InChI=1S/C21H23BBrN2O2/c1-22-15-2-5-17(6-3-15)27-13-12-25-10-8-21(9-11-25)18-14-16(23)4-7-19(18)24-20(21)26/h2-7,14H,8-13H2,1H3,(H,24,26). The van der Waals surface area contributed by atoms with E-state index in [1.807, 2.05) is 31.1 Å². The first-order valence-electron chi connectivity index (χ1n) is 9.47. The van der Waals surface area contributed by atoms with E-state index in [-0.39, 0.29) is 11.3 Å². The quantitative estimate of drug-likeness (QED) is 0.748. The highest BCUT2D eigenvalue weighted by Gasteiger charge is 2.48. The number of halogens is 1. The van der Waals surface area contributed by atoms with E-state index in [1.54, 1.807) is 0 Å². The highest BCUT2D eigenvalue weighted by molar-refractivity contribution is 9.10. The van der Waals surface area contributed by atoms with Crippen molar-refractivity contribution in [1.29, 1.82) is 0 Å². The number of hydrogen-bond donors (Lipinski definition) is 1. The predicted octanol–water partition coefficient (Wildman–Crippen LogP) is 3.19. The molecule has 2 aliphatic rings. The lowest BCUT2D eigenvalue weighted by atomic mass is 9.73. The zero-order chi connectivity index (χ0) is 18.9. The fraction of sp³-hybridized carbons (Fsp3) is 0.381. The monoisotopic (exact) mass is 425 g/mol. The number of carbonyl (C=O) groups is 1. The van der Waals surface area contributed by atoms with Crippen LogP contribution in [0.1, 0.15) is 18.4 Å². The Kier molecular flexibility index (Phi) is 5.28. The molecule has 1 N–H and O–H groups in total. The lowest BCUT2D eigenvalue weighted by Gasteiger charge is -2.38. The van der Waals surface area contributed by atoms with Gasteiger partial charge in [0.1, 0.15) is 19.6 Å². The van der Waals surface area contributed by atoms with Crippen LogP contribution in [0.3, 0.4) is 0 Å². The van der Waals surface area contributed by atoms with Gasteiger partial charge in [-0.2, -0.15) is 0 Å². The Bertz CT molecular complexity index is 833. The van der Waals surface area contributed by atoms with Crippen molar-refractivity contribution in [3.8, 4) is 5.75 Å². The van der Waals surface area contributed by atoms with Gasteiger partial charge in [0, 0.05) is 16.7 Å². The predicted molar refractivity (Wildman–Crippen MR) is 113 cm³/mol. The molecule has 2 aromatic rings. The van der Waals surface area contributed by atoms with Crippen LogP contribution in [-0.4, -0.2) is 44.3 Å². The Morgan fingerprint density at radius 3 is 2.63 bits per heavy atom. The van der Waals surface area contributed by atoms with Gasteiger partial charge in [0.15, 0.2) is 0 Å². The Morgan fingerprint density at radius 2 is 1.93 bits per heavy atom. The Labute approximate surface area is 169 Å². The number of rotatable bonds is 5. The molecule has 0 aromatic heterocycles. The van der Waals surface area contributed by atoms with E-state index >= 15 is 0 Å². The molecule has 6 heteroatoms. The van der Waals surface area contributed by atoms with Crippen molar-refractivity contribution in [2.75, 3.05) is 31.6 Å². The van der Waals surface area contributed by atoms with Gasteiger partial charge in [-0.15, -0.1) is 0 Å². The molecule has 0 saturated carbocycles. The number of likely N-dealkylation sites (tertiary alicyclic amines) is 1. The van der Waals surface area contributed by atoms with Gasteiger partial charge in [0.2, 0.25) is 5.91 Å². The molecule has 1 saturated heterocycles. The molecule has 0 atom stereocenters. The molecule has 27 heavy (non-hydrogen) atoms. The van der Waals surface area contributed by atoms with Gasteiger partial charge in [-0.25, -0.2) is 0 Å². The van der Waals surface area contributed by atoms with Gasteiger partial charge < -0.3 is 10.1 Å². The minimum atomic E-state index is -0.372. The average molecular weight is 426 g/mol. The van der Waals surface area contributed by atoms with E-state index in [4.69, 9.17) is 4.74 Å². The second-order valence-corrected chi connectivity index (χ2v) is 8.19. The number of hydrogen-bond acceptors (Lipinski definition) is 3. The zero-order valence-corrected chi connectivity index (χ0v) is 17.1. The van der Waals surface area contributed by atoms with Crippen LogP contribution >= 0.6 is 15.9 Å². The maximum atomic E-state index is 12.7. The molecule has 0 aliphatic carbocycles. The minimum absolute atomic E-state index is 0.152. The van der Waals surface area contributed by atoms with Gasteiger partial charge in [-0.3, -0.25) is 9.69 Å². The largest absolute Gasteiger partial charge is 0.492 e. The number of benzene rings is 2. The second-order valence-electron chi connectivity index (χ2n) is 7.27. The number of ether oxygens (including phenoxy) is 1. The molecule has 2 aliphatic heterocycles. The van der Waals surface area contributed by atoms with Crippen molar-refractivity contribution in [3.63, 3.8) is 0 Å². The van der Waals surface area contributed by atoms with E-state index in [0.717, 1.165) is 53.9 Å². The smallest absolute Gasteiger partial charge is 0.235 e. The molecule has 0 bridgehead atoms. The third-order valence-corrected chi connectivity index (χ3v) is 6.27. The summed E-state index contributed by atoms with van der Waals surface area (Å²) < 4.78 is 6.90. The summed E-state index contributed by atoms with van der Waals surface area (Å²) in [5, 5.41) is 3.07. The van der Waals surface area contributed by atoms with Crippen molar-refractivity contribution < 1.29 is 9.53 Å². The van der Waals surface area contributed by atoms with Gasteiger partial charge in [-0.05, 0) is 61.8 Å². The van der Waals surface area contributed by atoms with Crippen LogP contribution in [0.5, 0.6) is 5.75 Å². The minimum Gasteiger partial charge on any atom is -0.492 e. The van der Waals surface area contributed by atoms with Crippen molar-refractivity contribution in [3.05, 3.63) is 52.5 Å². The maximum Gasteiger partial charge on any atom is 0.235 e. The lowest BCUT2D eigenvalue weighted by molar-refractivity contribution is -0.122. The average Bonchev–Trinajstić information content (AvgIpc) is 2.95. The maximum absolute atomic E-state index is 12.7. The number of nitrogens with one attached hydrogen (secondary N) is 1. The molecule has 1 spiro atoms. The summed E-state index contributed by atoms with van der Waals surface area (Å²) in [6.45, 7) is 5.39. The zero-order valence-electron chi connectivity index (χ0n) is 15.5. The van der Waals surface area contributed by atoms with Crippen LogP contribution in [0.15, 0.2) is 46.9 Å². The van der Waals surface area contributed by atoms with Crippen LogP contribution in [0.4, 0.5) is 5.69 Å². The Morgan fingerprint density at radius 1 is 1.19 bits per heavy atom. The molecule has 1 radical (unpaired) electrons.